The molecule has 0 unspecified atom stereocenters. The second-order valence-electron chi connectivity index (χ2n) is 4.92. The summed E-state index contributed by atoms with van der Waals surface area (Å²) in [6.45, 7) is 0.675. The van der Waals surface area contributed by atoms with E-state index >= 15 is 0 Å². The van der Waals surface area contributed by atoms with Gasteiger partial charge in [0.15, 0.2) is 6.29 Å². The van der Waals surface area contributed by atoms with E-state index in [0.717, 1.165) is 22.8 Å². The van der Waals surface area contributed by atoms with Gasteiger partial charge in [-0.1, -0.05) is 18.2 Å². The molecule has 0 atom stereocenters. The van der Waals surface area contributed by atoms with Crippen molar-refractivity contribution in [1.29, 1.82) is 0 Å². The fourth-order valence-corrected chi connectivity index (χ4v) is 2.35. The quantitative estimate of drug-likeness (QED) is 0.687. The molecule has 104 valence electrons. The molecule has 1 aromatic carbocycles. The highest BCUT2D eigenvalue weighted by Crippen LogP contribution is 2.22. The number of para-hydroxylation sites is 1. The van der Waals surface area contributed by atoms with Crippen LogP contribution >= 0.6 is 0 Å². The molecule has 4 heteroatoms. The first-order valence-electron chi connectivity index (χ1n) is 6.73. The van der Waals surface area contributed by atoms with Crippen molar-refractivity contribution < 1.29 is 4.79 Å². The number of carbonyl (C=O) groups is 1. The maximum absolute atomic E-state index is 11.4. The Labute approximate surface area is 123 Å². The average molecular weight is 277 g/mol. The Balaban J connectivity index is 2.00. The van der Waals surface area contributed by atoms with E-state index in [1.165, 1.54) is 0 Å². The Hall–Kier alpha value is -2.75. The van der Waals surface area contributed by atoms with E-state index in [1.54, 1.807) is 12.4 Å². The van der Waals surface area contributed by atoms with Gasteiger partial charge in [-0.2, -0.15) is 0 Å². The molecule has 3 aromatic rings. The van der Waals surface area contributed by atoms with Crippen LogP contribution in [0.15, 0.2) is 54.9 Å². The zero-order valence-corrected chi connectivity index (χ0v) is 11.7. The van der Waals surface area contributed by atoms with E-state index in [-0.39, 0.29) is 0 Å². The minimum Gasteiger partial charge on any atom is -0.355 e. The third kappa shape index (κ3) is 2.74. The maximum atomic E-state index is 11.4. The third-order valence-electron chi connectivity index (χ3n) is 3.39. The minimum absolute atomic E-state index is 0.602. The normalized spacial score (nSPS) is 10.5. The Bertz CT molecular complexity index is 771. The number of aldehydes is 1. The van der Waals surface area contributed by atoms with Crippen molar-refractivity contribution in [2.45, 2.75) is 6.54 Å². The van der Waals surface area contributed by atoms with Gasteiger partial charge in [0.05, 0.1) is 11.1 Å². The predicted octanol–water partition coefficient (Wildman–Crippen LogP) is 3.08. The fourth-order valence-electron chi connectivity index (χ4n) is 2.35. The molecular formula is C17H15N3O. The van der Waals surface area contributed by atoms with Crippen LogP contribution in [0.2, 0.25) is 0 Å². The number of nitrogens with zero attached hydrogens (tertiary/aromatic N) is 3. The van der Waals surface area contributed by atoms with Gasteiger partial charge in [0.2, 0.25) is 0 Å². The number of pyridine rings is 2. The smallest absolute Gasteiger partial charge is 0.153 e. The zero-order valence-electron chi connectivity index (χ0n) is 11.7. The van der Waals surface area contributed by atoms with Crippen LogP contribution in [0, 0.1) is 0 Å². The van der Waals surface area contributed by atoms with Crippen LogP contribution in [0.3, 0.4) is 0 Å². The first-order valence-corrected chi connectivity index (χ1v) is 6.73. The molecule has 0 spiro atoms. The summed E-state index contributed by atoms with van der Waals surface area (Å²) in [7, 11) is 1.94. The maximum Gasteiger partial charge on any atom is 0.153 e. The lowest BCUT2D eigenvalue weighted by molar-refractivity contribution is 0.112. The van der Waals surface area contributed by atoms with Gasteiger partial charge in [0, 0.05) is 31.4 Å². The number of hydrogen-bond donors (Lipinski definition) is 0. The summed E-state index contributed by atoms with van der Waals surface area (Å²) in [5, 5.41) is 0.973. The fraction of sp³-hybridized carbons (Fsp3) is 0.118. The van der Waals surface area contributed by atoms with Crippen molar-refractivity contribution in [3.63, 3.8) is 0 Å². The Morgan fingerprint density at radius 2 is 1.90 bits per heavy atom. The van der Waals surface area contributed by atoms with Crippen LogP contribution in [0.4, 0.5) is 5.82 Å². The first-order chi connectivity index (χ1) is 10.3. The topological polar surface area (TPSA) is 46.1 Å². The third-order valence-corrected chi connectivity index (χ3v) is 3.39. The Morgan fingerprint density at radius 1 is 1.14 bits per heavy atom. The molecular weight excluding hydrogens is 262 g/mol. The van der Waals surface area contributed by atoms with Gasteiger partial charge in [-0.25, -0.2) is 4.98 Å². The summed E-state index contributed by atoms with van der Waals surface area (Å²) in [4.78, 5) is 22.0. The highest BCUT2D eigenvalue weighted by Gasteiger charge is 2.11. The zero-order chi connectivity index (χ0) is 14.7. The monoisotopic (exact) mass is 277 g/mol. The van der Waals surface area contributed by atoms with Gasteiger partial charge in [0.1, 0.15) is 5.82 Å². The van der Waals surface area contributed by atoms with E-state index in [2.05, 4.69) is 9.97 Å². The molecule has 0 aliphatic heterocycles. The molecule has 0 fully saturated rings. The SMILES string of the molecule is CN(Cc1ccncc1)c1nc2ccccc2cc1C=O. The highest BCUT2D eigenvalue weighted by molar-refractivity contribution is 5.91. The summed E-state index contributed by atoms with van der Waals surface area (Å²) < 4.78 is 0. The van der Waals surface area contributed by atoms with Crippen LogP contribution in [0.1, 0.15) is 15.9 Å². The van der Waals surface area contributed by atoms with Crippen LogP contribution in [0.25, 0.3) is 10.9 Å². The summed E-state index contributed by atoms with van der Waals surface area (Å²) in [6.07, 6.45) is 4.38. The Kier molecular flexibility index (Phi) is 3.60. The number of aromatic nitrogens is 2. The van der Waals surface area contributed by atoms with Gasteiger partial charge in [-0.3, -0.25) is 9.78 Å². The lowest BCUT2D eigenvalue weighted by Gasteiger charge is -2.20. The van der Waals surface area contributed by atoms with Gasteiger partial charge < -0.3 is 4.90 Å². The highest BCUT2D eigenvalue weighted by atomic mass is 16.1. The molecule has 0 N–H and O–H groups in total. The number of anilines is 1. The van der Waals surface area contributed by atoms with Crippen molar-refractivity contribution in [3.8, 4) is 0 Å². The minimum atomic E-state index is 0.602. The van der Waals surface area contributed by atoms with E-state index in [0.29, 0.717) is 17.9 Å². The summed E-state index contributed by atoms with van der Waals surface area (Å²) >= 11 is 0. The lowest BCUT2D eigenvalue weighted by Crippen LogP contribution is -2.19. The number of carbonyl (C=O) groups excluding carboxylic acids is 1. The van der Waals surface area contributed by atoms with Crippen LogP contribution < -0.4 is 4.90 Å². The summed E-state index contributed by atoms with van der Waals surface area (Å²) in [6, 6.07) is 13.6. The van der Waals surface area contributed by atoms with Crippen LogP contribution in [-0.4, -0.2) is 23.3 Å². The molecule has 0 bridgehead atoms. The van der Waals surface area contributed by atoms with Gasteiger partial charge in [-0.05, 0) is 29.8 Å². The van der Waals surface area contributed by atoms with Crippen molar-refractivity contribution in [1.82, 2.24) is 9.97 Å². The van der Waals surface area contributed by atoms with E-state index in [4.69, 9.17) is 0 Å². The van der Waals surface area contributed by atoms with Gasteiger partial charge >= 0.3 is 0 Å². The molecule has 0 aliphatic rings. The number of hydrogen-bond acceptors (Lipinski definition) is 4. The number of rotatable bonds is 4. The van der Waals surface area contributed by atoms with Crippen LogP contribution in [-0.2, 0) is 6.54 Å². The molecule has 0 radical (unpaired) electrons. The standard InChI is InChI=1S/C17H15N3O/c1-20(11-13-6-8-18-9-7-13)17-15(12-21)10-14-4-2-3-5-16(14)19-17/h2-10,12H,11H2,1H3. The summed E-state index contributed by atoms with van der Waals surface area (Å²) in [5.74, 6) is 0.695. The van der Waals surface area contributed by atoms with Gasteiger partial charge in [-0.15, -0.1) is 0 Å². The molecule has 21 heavy (non-hydrogen) atoms. The second-order valence-corrected chi connectivity index (χ2v) is 4.92. The van der Waals surface area contributed by atoms with E-state index in [9.17, 15) is 4.79 Å². The van der Waals surface area contributed by atoms with Crippen molar-refractivity contribution in [2.24, 2.45) is 0 Å². The molecule has 0 saturated carbocycles. The molecule has 4 nitrogen and oxygen atoms in total. The first kappa shape index (κ1) is 13.2. The molecule has 0 amide bonds. The molecule has 2 heterocycles. The average Bonchev–Trinajstić information content (AvgIpc) is 2.54. The number of benzene rings is 1. The van der Waals surface area contributed by atoms with Crippen molar-refractivity contribution >= 4 is 23.0 Å². The molecule has 3 rings (SSSR count). The largest absolute Gasteiger partial charge is 0.355 e. The molecule has 0 aliphatic carbocycles. The van der Waals surface area contributed by atoms with E-state index in [1.807, 2.05) is 54.4 Å². The molecule has 2 aromatic heterocycles. The summed E-state index contributed by atoms with van der Waals surface area (Å²) in [5.41, 5.74) is 2.62. The Morgan fingerprint density at radius 3 is 2.67 bits per heavy atom. The molecule has 0 saturated heterocycles. The second kappa shape index (κ2) is 5.71. The van der Waals surface area contributed by atoms with Crippen molar-refractivity contribution in [2.75, 3.05) is 11.9 Å². The predicted molar refractivity (Wildman–Crippen MR) is 83.5 cm³/mol. The van der Waals surface area contributed by atoms with Crippen molar-refractivity contribution in [3.05, 3.63) is 66.0 Å². The lowest BCUT2D eigenvalue weighted by atomic mass is 10.1. The number of fused-ring (bicyclic) bond motifs is 1. The van der Waals surface area contributed by atoms with Crippen LogP contribution in [0.5, 0.6) is 0 Å². The van der Waals surface area contributed by atoms with E-state index < -0.39 is 0 Å². The van der Waals surface area contributed by atoms with Gasteiger partial charge in [0.25, 0.3) is 0 Å².